The van der Waals surface area contributed by atoms with Crippen LogP contribution in [0.3, 0.4) is 0 Å². The zero-order valence-corrected chi connectivity index (χ0v) is 24.9. The van der Waals surface area contributed by atoms with Gasteiger partial charge in [-0.1, -0.05) is 42.5 Å². The minimum Gasteiger partial charge on any atom is -0.481 e. The van der Waals surface area contributed by atoms with Crippen LogP contribution in [0.2, 0.25) is 0 Å². The summed E-state index contributed by atoms with van der Waals surface area (Å²) >= 11 is 0. The van der Waals surface area contributed by atoms with Gasteiger partial charge in [-0.25, -0.2) is 9.59 Å². The van der Waals surface area contributed by atoms with Gasteiger partial charge in [0.2, 0.25) is 12.2 Å². The van der Waals surface area contributed by atoms with Crippen molar-refractivity contribution in [2.45, 2.75) is 81.0 Å². The monoisotopic (exact) mass is 621 g/mol. The highest BCUT2D eigenvalue weighted by Crippen LogP contribution is 2.64. The number of carboxylic acid groups (broad SMARTS) is 1. The lowest BCUT2D eigenvalue weighted by Crippen LogP contribution is -2.69. The van der Waals surface area contributed by atoms with Crippen molar-refractivity contribution in [3.8, 4) is 5.75 Å². The van der Waals surface area contributed by atoms with Crippen molar-refractivity contribution >= 4 is 23.9 Å². The molecular weight excluding hydrogens is 586 g/mol. The number of aliphatic hydroxyl groups is 2. The number of hydrogen-bond acceptors (Lipinski definition) is 11. The molecule has 12 heteroatoms. The highest BCUT2D eigenvalue weighted by atomic mass is 16.6. The van der Waals surface area contributed by atoms with Crippen LogP contribution in [0, 0.1) is 0 Å². The molecule has 45 heavy (non-hydrogen) atoms. The number of carboxylic acids is 1. The maximum atomic E-state index is 13.4. The molecule has 12 nitrogen and oxygen atoms in total. The minimum atomic E-state index is -1.78. The van der Waals surface area contributed by atoms with Crippen LogP contribution in [-0.4, -0.2) is 81.5 Å². The maximum absolute atomic E-state index is 13.4. The first kappa shape index (κ1) is 30.8. The number of aliphatic carboxylic acids is 1. The Morgan fingerprint density at radius 2 is 1.87 bits per heavy atom. The van der Waals surface area contributed by atoms with E-state index in [9.17, 15) is 34.5 Å². The number of likely N-dealkylation sites (N-methyl/N-ethyl adjacent to an activating group) is 1. The van der Waals surface area contributed by atoms with E-state index in [2.05, 4.69) is 4.90 Å². The van der Waals surface area contributed by atoms with E-state index in [1.54, 1.807) is 24.3 Å². The van der Waals surface area contributed by atoms with Gasteiger partial charge in [0.1, 0.15) is 11.5 Å². The van der Waals surface area contributed by atoms with Crippen LogP contribution < -0.4 is 4.74 Å². The minimum absolute atomic E-state index is 0.142. The van der Waals surface area contributed by atoms with Crippen LogP contribution in [0.25, 0.3) is 0 Å². The third kappa shape index (κ3) is 4.97. The molecule has 2 bridgehead atoms. The molecule has 2 heterocycles. The maximum Gasteiger partial charge on any atom is 0.349 e. The van der Waals surface area contributed by atoms with Gasteiger partial charge in [0.25, 0.3) is 0 Å². The zero-order chi connectivity index (χ0) is 32.1. The predicted molar refractivity (Wildman–Crippen MR) is 155 cm³/mol. The smallest absolute Gasteiger partial charge is 0.349 e. The second-order valence-corrected chi connectivity index (χ2v) is 12.1. The highest BCUT2D eigenvalue weighted by Gasteiger charge is 2.70. The summed E-state index contributed by atoms with van der Waals surface area (Å²) < 4.78 is 22.6. The number of likely N-dealkylation sites (tertiary alicyclic amines) is 1. The van der Waals surface area contributed by atoms with E-state index in [1.165, 1.54) is 12.1 Å². The third-order valence-electron chi connectivity index (χ3n) is 9.56. The average molecular weight is 622 g/mol. The molecule has 0 aromatic heterocycles. The summed E-state index contributed by atoms with van der Waals surface area (Å²) in [5.74, 6) is -3.88. The van der Waals surface area contributed by atoms with Crippen LogP contribution in [0.15, 0.2) is 54.3 Å². The number of rotatable bonds is 9. The van der Waals surface area contributed by atoms with Crippen molar-refractivity contribution in [1.82, 2.24) is 4.90 Å². The molecule has 2 aromatic carbocycles. The van der Waals surface area contributed by atoms with Crippen LogP contribution >= 0.6 is 0 Å². The molecule has 2 aliphatic carbocycles. The second kappa shape index (κ2) is 11.6. The molecule has 0 amide bonds. The van der Waals surface area contributed by atoms with Gasteiger partial charge in [0, 0.05) is 36.1 Å². The summed E-state index contributed by atoms with van der Waals surface area (Å²) in [7, 11) is 1.99. The molecule has 2 aromatic rings. The number of benzene rings is 2. The standard InChI is InChI=1S/C33H35NO11/c1-18(36)42-23(31(40)45-28(30(38)39)19-7-4-3-5-8-19)16-25(37)43-22-11-13-33(41)24-15-20-9-10-21(17-35)27-26(20)32(33,29(22)44-27)12-6-14-34(24)2/h3-5,7-11,23-24,28-29,35,41H,6,12-17H2,1-2H3,(H,38,39)/t23-,24+,28-,29-,32-,33+/m0/s1. The van der Waals surface area contributed by atoms with Crippen molar-refractivity contribution in [3.05, 3.63) is 76.6 Å². The van der Waals surface area contributed by atoms with Gasteiger partial charge in [0.15, 0.2) is 6.10 Å². The lowest BCUT2D eigenvalue weighted by molar-refractivity contribution is -0.179. The molecule has 1 fully saturated rings. The molecule has 6 rings (SSSR count). The second-order valence-electron chi connectivity index (χ2n) is 12.1. The van der Waals surface area contributed by atoms with E-state index < -0.39 is 59.6 Å². The molecule has 6 atom stereocenters. The van der Waals surface area contributed by atoms with Gasteiger partial charge in [-0.05, 0) is 44.5 Å². The molecule has 4 aliphatic rings. The molecule has 2 aliphatic heterocycles. The van der Waals surface area contributed by atoms with Crippen LogP contribution in [-0.2, 0) is 51.8 Å². The Bertz CT molecular complexity index is 1570. The van der Waals surface area contributed by atoms with E-state index in [-0.39, 0.29) is 30.4 Å². The fourth-order valence-corrected chi connectivity index (χ4v) is 7.66. The Balaban J connectivity index is 1.28. The number of aliphatic hydroxyl groups excluding tert-OH is 1. The number of carbonyl (C=O) groups is 4. The van der Waals surface area contributed by atoms with E-state index in [0.29, 0.717) is 24.2 Å². The highest BCUT2D eigenvalue weighted by molar-refractivity contribution is 5.86. The number of carbonyl (C=O) groups excluding carboxylic acids is 3. The van der Waals surface area contributed by atoms with Crippen molar-refractivity contribution in [2.75, 3.05) is 13.6 Å². The summed E-state index contributed by atoms with van der Waals surface area (Å²) in [6.07, 6.45) is -1.47. The van der Waals surface area contributed by atoms with E-state index in [4.69, 9.17) is 18.9 Å². The number of ether oxygens (including phenoxy) is 4. The molecule has 0 unspecified atom stereocenters. The van der Waals surface area contributed by atoms with Gasteiger partial charge in [-0.3, -0.25) is 9.59 Å². The molecule has 1 spiro atoms. The van der Waals surface area contributed by atoms with Crippen LogP contribution in [0.5, 0.6) is 5.75 Å². The summed E-state index contributed by atoms with van der Waals surface area (Å²) in [5.41, 5.74) is 0.367. The molecule has 1 saturated heterocycles. The zero-order valence-electron chi connectivity index (χ0n) is 24.9. The third-order valence-corrected chi connectivity index (χ3v) is 9.56. The van der Waals surface area contributed by atoms with E-state index in [1.807, 2.05) is 19.2 Å². The van der Waals surface area contributed by atoms with E-state index >= 15 is 0 Å². The SMILES string of the molecule is CC(=O)O[C@@H](CC(=O)OC1=CC[C@@]2(O)[C@H]3Cc4ccc(CO)c5c4[C@@]2(CCCN3C)[C@H]1O5)C(=O)O[C@H](C(=O)O)c1ccccc1. The first-order chi connectivity index (χ1) is 21.5. The van der Waals surface area contributed by atoms with Gasteiger partial charge in [-0.15, -0.1) is 0 Å². The lowest BCUT2D eigenvalue weighted by Gasteiger charge is -2.56. The Morgan fingerprint density at radius 3 is 2.56 bits per heavy atom. The first-order valence-corrected chi connectivity index (χ1v) is 14.9. The number of esters is 3. The molecule has 238 valence electrons. The fourth-order valence-electron chi connectivity index (χ4n) is 7.66. The quantitative estimate of drug-likeness (QED) is 0.276. The van der Waals surface area contributed by atoms with Gasteiger partial charge in [0.05, 0.1) is 24.0 Å². The summed E-state index contributed by atoms with van der Waals surface area (Å²) in [5, 5.41) is 32.3. The van der Waals surface area contributed by atoms with Gasteiger partial charge >= 0.3 is 23.9 Å². The van der Waals surface area contributed by atoms with Crippen molar-refractivity contribution in [1.29, 1.82) is 0 Å². The topological polar surface area (TPSA) is 169 Å². The normalized spacial score (nSPS) is 27.5. The Morgan fingerprint density at radius 1 is 1.11 bits per heavy atom. The fraction of sp³-hybridized carbons (Fsp3) is 0.455. The Labute approximate surface area is 259 Å². The van der Waals surface area contributed by atoms with Crippen molar-refractivity contribution in [2.24, 2.45) is 0 Å². The largest absolute Gasteiger partial charge is 0.481 e. The van der Waals surface area contributed by atoms with Crippen LogP contribution in [0.1, 0.15) is 61.0 Å². The van der Waals surface area contributed by atoms with Gasteiger partial charge < -0.3 is 39.2 Å². The number of hydrogen-bond donors (Lipinski definition) is 3. The van der Waals surface area contributed by atoms with Crippen molar-refractivity contribution < 1.29 is 53.4 Å². The molecular formula is C33H35NO11. The Hall–Kier alpha value is -4.26. The number of nitrogens with zero attached hydrogens (tertiary/aromatic N) is 1. The summed E-state index contributed by atoms with van der Waals surface area (Å²) in [6.45, 7) is 1.52. The first-order valence-electron chi connectivity index (χ1n) is 14.9. The average Bonchev–Trinajstić information content (AvgIpc) is 3.34. The lowest BCUT2D eigenvalue weighted by atomic mass is 9.52. The van der Waals surface area contributed by atoms with E-state index in [0.717, 1.165) is 31.0 Å². The van der Waals surface area contributed by atoms with Gasteiger partial charge in [-0.2, -0.15) is 0 Å². The molecule has 0 saturated carbocycles. The van der Waals surface area contributed by atoms with Crippen molar-refractivity contribution in [3.63, 3.8) is 0 Å². The Kier molecular flexibility index (Phi) is 7.92. The molecule has 0 radical (unpaired) electrons. The van der Waals surface area contributed by atoms with Crippen LogP contribution in [0.4, 0.5) is 0 Å². The summed E-state index contributed by atoms with van der Waals surface area (Å²) in [4.78, 5) is 52.3. The molecule has 3 N–H and O–H groups in total. The summed E-state index contributed by atoms with van der Waals surface area (Å²) in [6, 6.07) is 11.3. The predicted octanol–water partition coefficient (Wildman–Crippen LogP) is 2.08.